The molecule has 6 heteroatoms. The molecule has 0 unspecified atom stereocenters. The number of aromatic nitrogens is 2. The van der Waals surface area contributed by atoms with E-state index in [0.29, 0.717) is 31.0 Å². The molecule has 0 spiro atoms. The fourth-order valence-corrected chi connectivity index (χ4v) is 1.80. The summed E-state index contributed by atoms with van der Waals surface area (Å²) in [5, 5.41) is 3.02. The lowest BCUT2D eigenvalue weighted by Crippen LogP contribution is -2.31. The van der Waals surface area contributed by atoms with Gasteiger partial charge in [-0.1, -0.05) is 6.92 Å². The van der Waals surface area contributed by atoms with Crippen molar-refractivity contribution in [1.82, 2.24) is 14.9 Å². The summed E-state index contributed by atoms with van der Waals surface area (Å²) in [6.07, 6.45) is 1.07. The maximum Gasteiger partial charge on any atom is 0.252 e. The molecule has 0 aliphatic carbocycles. The van der Waals surface area contributed by atoms with Gasteiger partial charge in [0.15, 0.2) is 0 Å². The summed E-state index contributed by atoms with van der Waals surface area (Å²) in [4.78, 5) is 31.8. The minimum Gasteiger partial charge on any atom is -0.369 e. The summed E-state index contributed by atoms with van der Waals surface area (Å²) < 4.78 is 0. The lowest BCUT2D eigenvalue weighted by atomic mass is 10.3. The van der Waals surface area contributed by atoms with Gasteiger partial charge >= 0.3 is 0 Å². The lowest BCUT2D eigenvalue weighted by Gasteiger charge is -2.18. The molecule has 1 rings (SSSR count). The van der Waals surface area contributed by atoms with Crippen molar-refractivity contribution in [3.05, 3.63) is 22.2 Å². The molecule has 0 aliphatic rings. The van der Waals surface area contributed by atoms with Crippen molar-refractivity contribution in [3.8, 4) is 0 Å². The van der Waals surface area contributed by atoms with Gasteiger partial charge in [0.1, 0.15) is 11.6 Å². The van der Waals surface area contributed by atoms with Crippen molar-refractivity contribution in [1.29, 1.82) is 0 Å². The number of nitrogens with one attached hydrogen (secondary N) is 2. The van der Waals surface area contributed by atoms with E-state index >= 15 is 0 Å². The largest absolute Gasteiger partial charge is 0.369 e. The van der Waals surface area contributed by atoms with Crippen LogP contribution in [0.3, 0.4) is 0 Å². The maximum absolute atomic E-state index is 11.8. The molecular formula is C13H22N4O2. The fraction of sp³-hybridized carbons (Fsp3) is 0.615. The summed E-state index contributed by atoms with van der Waals surface area (Å²) in [6, 6.07) is 1.40. The molecule has 1 heterocycles. The first kappa shape index (κ1) is 15.2. The molecule has 6 nitrogen and oxygen atoms in total. The number of rotatable bonds is 7. The molecule has 0 saturated carbocycles. The number of aryl methyl sites for hydroxylation is 1. The van der Waals surface area contributed by atoms with E-state index in [1.807, 2.05) is 20.8 Å². The van der Waals surface area contributed by atoms with Gasteiger partial charge in [-0.25, -0.2) is 4.98 Å². The zero-order valence-corrected chi connectivity index (χ0v) is 11.8. The Bertz CT molecular complexity index is 466. The molecule has 0 fully saturated rings. The average Bonchev–Trinajstić information content (AvgIpc) is 2.39. The Hall–Kier alpha value is -1.85. The Labute approximate surface area is 113 Å². The van der Waals surface area contributed by atoms with Gasteiger partial charge in [-0.2, -0.15) is 0 Å². The highest BCUT2D eigenvalue weighted by atomic mass is 16.2. The van der Waals surface area contributed by atoms with Crippen LogP contribution in [0.1, 0.15) is 33.0 Å². The molecule has 1 aromatic heterocycles. The SMILES string of the molecule is CCc1nc(NCCC(=O)N(CC)CC)cc(=O)[nH]1. The summed E-state index contributed by atoms with van der Waals surface area (Å²) in [5.41, 5.74) is -0.176. The summed E-state index contributed by atoms with van der Waals surface area (Å²) in [6.45, 7) is 7.76. The maximum atomic E-state index is 11.8. The first-order valence-electron chi connectivity index (χ1n) is 6.72. The molecule has 0 bridgehead atoms. The highest BCUT2D eigenvalue weighted by Crippen LogP contribution is 2.00. The van der Waals surface area contributed by atoms with Crippen molar-refractivity contribution in [2.45, 2.75) is 33.6 Å². The van der Waals surface area contributed by atoms with Crippen LogP contribution in [0.25, 0.3) is 0 Å². The van der Waals surface area contributed by atoms with Crippen molar-refractivity contribution in [3.63, 3.8) is 0 Å². The van der Waals surface area contributed by atoms with E-state index in [9.17, 15) is 9.59 Å². The number of anilines is 1. The zero-order chi connectivity index (χ0) is 14.3. The van der Waals surface area contributed by atoms with Crippen LogP contribution in [-0.4, -0.2) is 40.4 Å². The van der Waals surface area contributed by atoms with Crippen LogP contribution in [-0.2, 0) is 11.2 Å². The third-order valence-corrected chi connectivity index (χ3v) is 2.89. The normalized spacial score (nSPS) is 10.3. The zero-order valence-electron chi connectivity index (χ0n) is 11.8. The number of aromatic amines is 1. The second-order valence-electron chi connectivity index (χ2n) is 4.17. The molecule has 0 radical (unpaired) electrons. The topological polar surface area (TPSA) is 78.1 Å². The quantitative estimate of drug-likeness (QED) is 0.772. The number of carbonyl (C=O) groups is 1. The molecule has 0 atom stereocenters. The highest BCUT2D eigenvalue weighted by molar-refractivity contribution is 5.76. The Morgan fingerprint density at radius 1 is 1.37 bits per heavy atom. The Kier molecular flexibility index (Phi) is 6.05. The molecule has 0 saturated heterocycles. The number of H-pyrrole nitrogens is 1. The van der Waals surface area contributed by atoms with E-state index < -0.39 is 0 Å². The van der Waals surface area contributed by atoms with Crippen LogP contribution in [0.2, 0.25) is 0 Å². The highest BCUT2D eigenvalue weighted by Gasteiger charge is 2.08. The number of hydrogen-bond acceptors (Lipinski definition) is 4. The Morgan fingerprint density at radius 2 is 2.05 bits per heavy atom. The van der Waals surface area contributed by atoms with Crippen LogP contribution in [0.5, 0.6) is 0 Å². The monoisotopic (exact) mass is 266 g/mol. The molecule has 19 heavy (non-hydrogen) atoms. The first-order valence-corrected chi connectivity index (χ1v) is 6.72. The number of carbonyl (C=O) groups excluding carboxylic acids is 1. The van der Waals surface area contributed by atoms with Crippen LogP contribution >= 0.6 is 0 Å². The van der Waals surface area contributed by atoms with Crippen LogP contribution in [0.4, 0.5) is 5.82 Å². The van der Waals surface area contributed by atoms with Crippen molar-refractivity contribution in [2.75, 3.05) is 25.0 Å². The van der Waals surface area contributed by atoms with Gasteiger partial charge in [0, 0.05) is 38.5 Å². The van der Waals surface area contributed by atoms with Crippen molar-refractivity contribution in [2.24, 2.45) is 0 Å². The van der Waals surface area contributed by atoms with E-state index in [1.165, 1.54) is 6.07 Å². The molecule has 1 aromatic rings. The van der Waals surface area contributed by atoms with Crippen LogP contribution in [0.15, 0.2) is 10.9 Å². The number of amides is 1. The van der Waals surface area contributed by atoms with Gasteiger partial charge in [0.25, 0.3) is 5.56 Å². The third-order valence-electron chi connectivity index (χ3n) is 2.89. The first-order chi connectivity index (χ1) is 9.10. The Morgan fingerprint density at radius 3 is 2.63 bits per heavy atom. The molecule has 0 aromatic carbocycles. The van der Waals surface area contributed by atoms with Gasteiger partial charge in [-0.05, 0) is 13.8 Å². The molecular weight excluding hydrogens is 244 g/mol. The summed E-state index contributed by atoms with van der Waals surface area (Å²) >= 11 is 0. The van der Waals surface area contributed by atoms with Crippen LogP contribution in [0, 0.1) is 0 Å². The van der Waals surface area contributed by atoms with E-state index in [2.05, 4.69) is 15.3 Å². The minimum absolute atomic E-state index is 0.109. The molecule has 2 N–H and O–H groups in total. The second kappa shape index (κ2) is 7.56. The second-order valence-corrected chi connectivity index (χ2v) is 4.17. The van der Waals surface area contributed by atoms with E-state index in [1.54, 1.807) is 4.90 Å². The van der Waals surface area contributed by atoms with Crippen LogP contribution < -0.4 is 10.9 Å². The fourth-order valence-electron chi connectivity index (χ4n) is 1.80. The van der Waals surface area contributed by atoms with Gasteiger partial charge in [-0.3, -0.25) is 9.59 Å². The average molecular weight is 266 g/mol. The van der Waals surface area contributed by atoms with E-state index in [0.717, 1.165) is 13.1 Å². The number of nitrogens with zero attached hydrogens (tertiary/aromatic N) is 2. The van der Waals surface area contributed by atoms with Gasteiger partial charge in [0.05, 0.1) is 0 Å². The van der Waals surface area contributed by atoms with E-state index in [-0.39, 0.29) is 11.5 Å². The van der Waals surface area contributed by atoms with Crippen molar-refractivity contribution >= 4 is 11.7 Å². The molecule has 0 aliphatic heterocycles. The summed E-state index contributed by atoms with van der Waals surface area (Å²) in [5.74, 6) is 1.27. The predicted octanol–water partition coefficient (Wildman–Crippen LogP) is 1.00. The predicted molar refractivity (Wildman–Crippen MR) is 75.3 cm³/mol. The minimum atomic E-state index is -0.176. The third kappa shape index (κ3) is 4.73. The standard InChI is InChI=1S/C13H22N4O2/c1-4-10-15-11(9-12(18)16-10)14-8-7-13(19)17(5-2)6-3/h9H,4-8H2,1-3H3,(H2,14,15,16,18). The Balaban J connectivity index is 2.51. The number of hydrogen-bond donors (Lipinski definition) is 2. The van der Waals surface area contributed by atoms with Gasteiger partial charge in [0.2, 0.25) is 5.91 Å². The molecule has 106 valence electrons. The molecule has 1 amide bonds. The summed E-state index contributed by atoms with van der Waals surface area (Å²) in [7, 11) is 0. The van der Waals surface area contributed by atoms with Gasteiger partial charge in [-0.15, -0.1) is 0 Å². The van der Waals surface area contributed by atoms with Crippen molar-refractivity contribution < 1.29 is 4.79 Å². The smallest absolute Gasteiger partial charge is 0.252 e. The van der Waals surface area contributed by atoms with Gasteiger partial charge < -0.3 is 15.2 Å². The lowest BCUT2D eigenvalue weighted by molar-refractivity contribution is -0.130. The van der Waals surface area contributed by atoms with E-state index in [4.69, 9.17) is 0 Å².